The molecule has 4 heteroatoms. The summed E-state index contributed by atoms with van der Waals surface area (Å²) in [6, 6.07) is 7.77. The molecule has 2 N–H and O–H groups in total. The van der Waals surface area contributed by atoms with E-state index in [1.807, 2.05) is 24.4 Å². The Morgan fingerprint density at radius 3 is 2.63 bits per heavy atom. The molecule has 0 radical (unpaired) electrons. The monoisotopic (exact) mass is 254 g/mol. The van der Waals surface area contributed by atoms with Crippen LogP contribution in [0.4, 0.5) is 0 Å². The molecule has 1 unspecified atom stereocenters. The predicted octanol–water partition coefficient (Wildman–Crippen LogP) is 1.66. The van der Waals surface area contributed by atoms with Crippen molar-refractivity contribution < 1.29 is 9.59 Å². The van der Waals surface area contributed by atoms with Crippen LogP contribution in [0.3, 0.4) is 0 Å². The molecule has 1 aromatic carbocycles. The first kappa shape index (κ1) is 10.8. The zero-order chi connectivity index (χ0) is 13.0. The Bertz CT molecular complexity index is 697. The number of ketones is 1. The Labute approximate surface area is 110 Å². The molecule has 96 valence electrons. The number of aromatic nitrogens is 1. The minimum absolute atomic E-state index is 0.0350. The first-order valence-electron chi connectivity index (χ1n) is 6.59. The number of carbonyl (C=O) groups is 2. The number of hydrogen-bond acceptors (Lipinski definition) is 2. The maximum absolute atomic E-state index is 12.0. The number of Topliss-reactive ketones (excluding diaryl/α,β-unsaturated/α-hetero) is 1. The minimum Gasteiger partial charge on any atom is -0.361 e. The summed E-state index contributed by atoms with van der Waals surface area (Å²) < 4.78 is 0. The van der Waals surface area contributed by atoms with Gasteiger partial charge in [0.25, 0.3) is 0 Å². The van der Waals surface area contributed by atoms with Gasteiger partial charge in [0.1, 0.15) is 0 Å². The molecule has 2 aromatic rings. The van der Waals surface area contributed by atoms with Gasteiger partial charge in [-0.2, -0.15) is 0 Å². The molecule has 1 aliphatic heterocycles. The van der Waals surface area contributed by atoms with Gasteiger partial charge in [-0.25, -0.2) is 0 Å². The summed E-state index contributed by atoms with van der Waals surface area (Å²) in [7, 11) is 0. The molecule has 0 bridgehead atoms. The molecule has 0 spiro atoms. The lowest BCUT2D eigenvalue weighted by molar-refractivity contribution is -0.122. The second kappa shape index (κ2) is 3.47. The van der Waals surface area contributed by atoms with Crippen LogP contribution in [-0.2, 0) is 15.0 Å². The Kier molecular flexibility index (Phi) is 1.97. The standard InChI is InChI=1S/C15H14N2O2/c18-12-7-13(19)17-14(12)15(5-6-15)10-8-16-11-4-2-1-3-9(10)11/h1-4,8,14,16H,5-7H2,(H,17,19). The van der Waals surface area contributed by atoms with Gasteiger partial charge in [0.15, 0.2) is 5.78 Å². The third-order valence-corrected chi connectivity index (χ3v) is 4.43. The number of para-hydroxylation sites is 1. The fourth-order valence-electron chi connectivity index (χ4n) is 3.33. The molecule has 2 fully saturated rings. The molecule has 1 aromatic heterocycles. The Morgan fingerprint density at radius 1 is 1.16 bits per heavy atom. The van der Waals surface area contributed by atoms with Crippen molar-refractivity contribution in [1.29, 1.82) is 0 Å². The van der Waals surface area contributed by atoms with Crippen LogP contribution in [0.2, 0.25) is 0 Å². The van der Waals surface area contributed by atoms with Gasteiger partial charge in [-0.3, -0.25) is 9.59 Å². The number of aromatic amines is 1. The number of fused-ring (bicyclic) bond motifs is 1. The first-order chi connectivity index (χ1) is 9.21. The minimum atomic E-state index is -0.334. The molecule has 2 aliphatic rings. The summed E-state index contributed by atoms with van der Waals surface area (Å²) in [6.07, 6.45) is 3.96. The van der Waals surface area contributed by atoms with Crippen LogP contribution < -0.4 is 5.32 Å². The SMILES string of the molecule is O=C1CC(=O)C(C2(c3c[nH]c4ccccc34)CC2)N1. The number of carbonyl (C=O) groups excluding carboxylic acids is 2. The van der Waals surface area contributed by atoms with E-state index in [1.165, 1.54) is 5.56 Å². The van der Waals surface area contributed by atoms with Crippen LogP contribution in [0, 0.1) is 0 Å². The third kappa shape index (κ3) is 1.40. The molecule has 1 saturated carbocycles. The molecule has 2 heterocycles. The van der Waals surface area contributed by atoms with E-state index in [9.17, 15) is 9.59 Å². The van der Waals surface area contributed by atoms with Gasteiger partial charge < -0.3 is 10.3 Å². The van der Waals surface area contributed by atoms with E-state index in [4.69, 9.17) is 0 Å². The van der Waals surface area contributed by atoms with Crippen LogP contribution in [0.15, 0.2) is 30.5 Å². The van der Waals surface area contributed by atoms with Gasteiger partial charge in [-0.15, -0.1) is 0 Å². The quantitative estimate of drug-likeness (QED) is 0.801. The van der Waals surface area contributed by atoms with Gasteiger partial charge >= 0.3 is 0 Å². The maximum Gasteiger partial charge on any atom is 0.228 e. The van der Waals surface area contributed by atoms with Gasteiger partial charge in [0.05, 0.1) is 12.5 Å². The van der Waals surface area contributed by atoms with E-state index in [-0.39, 0.29) is 29.6 Å². The second-order valence-electron chi connectivity index (χ2n) is 5.55. The average Bonchev–Trinajstić information content (AvgIpc) is 2.95. The highest BCUT2D eigenvalue weighted by Gasteiger charge is 2.57. The summed E-state index contributed by atoms with van der Waals surface area (Å²) >= 11 is 0. The zero-order valence-electron chi connectivity index (χ0n) is 10.4. The van der Waals surface area contributed by atoms with Gasteiger partial charge in [-0.1, -0.05) is 18.2 Å². The number of hydrogen-bond donors (Lipinski definition) is 2. The summed E-state index contributed by atoms with van der Waals surface area (Å²) in [4.78, 5) is 26.7. The lowest BCUT2D eigenvalue weighted by atomic mass is 9.86. The lowest BCUT2D eigenvalue weighted by Crippen LogP contribution is -2.40. The van der Waals surface area contributed by atoms with Crippen LogP contribution in [0.1, 0.15) is 24.8 Å². The predicted molar refractivity (Wildman–Crippen MR) is 70.8 cm³/mol. The molecule has 1 atom stereocenters. The zero-order valence-corrected chi connectivity index (χ0v) is 10.4. The summed E-state index contributed by atoms with van der Waals surface area (Å²) in [5, 5.41) is 4.02. The summed E-state index contributed by atoms with van der Waals surface area (Å²) in [6.45, 7) is 0. The van der Waals surface area contributed by atoms with Crippen LogP contribution in [0.25, 0.3) is 10.9 Å². The van der Waals surface area contributed by atoms with Gasteiger partial charge in [0.2, 0.25) is 5.91 Å². The fraction of sp³-hybridized carbons (Fsp3) is 0.333. The van der Waals surface area contributed by atoms with Crippen LogP contribution in [0.5, 0.6) is 0 Å². The van der Waals surface area contributed by atoms with Crippen molar-refractivity contribution in [2.45, 2.75) is 30.7 Å². The van der Waals surface area contributed by atoms with E-state index in [0.717, 1.165) is 23.7 Å². The number of H-pyrrole nitrogens is 1. The molecule has 19 heavy (non-hydrogen) atoms. The number of amides is 1. The number of rotatable bonds is 2. The van der Waals surface area contributed by atoms with Crippen LogP contribution >= 0.6 is 0 Å². The Balaban J connectivity index is 1.83. The third-order valence-electron chi connectivity index (χ3n) is 4.43. The van der Waals surface area contributed by atoms with Crippen molar-refractivity contribution in [3.8, 4) is 0 Å². The molecule has 4 nitrogen and oxygen atoms in total. The van der Waals surface area contributed by atoms with E-state index >= 15 is 0 Å². The average molecular weight is 254 g/mol. The van der Waals surface area contributed by atoms with Crippen molar-refractivity contribution in [1.82, 2.24) is 10.3 Å². The van der Waals surface area contributed by atoms with Gasteiger partial charge in [-0.05, 0) is 24.5 Å². The largest absolute Gasteiger partial charge is 0.361 e. The smallest absolute Gasteiger partial charge is 0.228 e. The highest BCUT2D eigenvalue weighted by atomic mass is 16.2. The highest BCUT2D eigenvalue weighted by Crippen LogP contribution is 2.54. The molecular weight excluding hydrogens is 240 g/mol. The van der Waals surface area contributed by atoms with Crippen molar-refractivity contribution in [3.63, 3.8) is 0 Å². The van der Waals surface area contributed by atoms with Crippen molar-refractivity contribution >= 4 is 22.6 Å². The van der Waals surface area contributed by atoms with Crippen molar-refractivity contribution in [2.24, 2.45) is 0 Å². The van der Waals surface area contributed by atoms with E-state index in [2.05, 4.69) is 16.4 Å². The molecule has 1 saturated heterocycles. The fourth-order valence-corrected chi connectivity index (χ4v) is 3.33. The number of benzene rings is 1. The van der Waals surface area contributed by atoms with Crippen molar-refractivity contribution in [3.05, 3.63) is 36.0 Å². The van der Waals surface area contributed by atoms with Crippen molar-refractivity contribution in [2.75, 3.05) is 0 Å². The van der Waals surface area contributed by atoms with E-state index in [0.29, 0.717) is 0 Å². The van der Waals surface area contributed by atoms with Gasteiger partial charge in [0, 0.05) is 22.5 Å². The molecular formula is C15H14N2O2. The Morgan fingerprint density at radius 2 is 1.95 bits per heavy atom. The van der Waals surface area contributed by atoms with Crippen LogP contribution in [-0.4, -0.2) is 22.7 Å². The summed E-state index contributed by atoms with van der Waals surface area (Å²) in [5.41, 5.74) is 2.08. The van der Waals surface area contributed by atoms with E-state index < -0.39 is 0 Å². The number of nitrogens with one attached hydrogen (secondary N) is 2. The normalized spacial score (nSPS) is 24.7. The molecule has 1 aliphatic carbocycles. The van der Waals surface area contributed by atoms with E-state index in [1.54, 1.807) is 0 Å². The molecule has 1 amide bonds. The topological polar surface area (TPSA) is 62.0 Å². The first-order valence-corrected chi connectivity index (χ1v) is 6.59. The molecule has 4 rings (SSSR count). The maximum atomic E-state index is 12.0. The lowest BCUT2D eigenvalue weighted by Gasteiger charge is -2.21. The Hall–Kier alpha value is -2.10. The highest BCUT2D eigenvalue weighted by molar-refractivity contribution is 6.09. The summed E-state index contributed by atoms with van der Waals surface area (Å²) in [5.74, 6) is -0.103. The second-order valence-corrected chi connectivity index (χ2v) is 5.55.